The molecule has 0 unspecified atom stereocenters. The molecule has 2 aromatic carbocycles. The van der Waals surface area contributed by atoms with Crippen LogP contribution < -0.4 is 20.0 Å². The van der Waals surface area contributed by atoms with Crippen molar-refractivity contribution in [3.63, 3.8) is 0 Å². The summed E-state index contributed by atoms with van der Waals surface area (Å²) in [6.07, 6.45) is 7.87. The Balaban J connectivity index is 0.000000391. The van der Waals surface area contributed by atoms with Crippen molar-refractivity contribution in [3.05, 3.63) is 153 Å². The third-order valence-electron chi connectivity index (χ3n) is 7.22. The molecule has 0 aliphatic carbocycles. The van der Waals surface area contributed by atoms with Crippen molar-refractivity contribution in [1.29, 1.82) is 0 Å². The largest absolute Gasteiger partial charge is 0.545 e. The van der Waals surface area contributed by atoms with Crippen LogP contribution in [0.5, 0.6) is 0 Å². The molecule has 4 N–H and O–H groups in total. The van der Waals surface area contributed by atoms with Crippen LogP contribution in [0, 0.1) is 0 Å². The number of hydrogen-bond donors (Lipinski definition) is 4. The molecule has 0 aliphatic rings. The summed E-state index contributed by atoms with van der Waals surface area (Å²) in [7, 11) is 8.77. The van der Waals surface area contributed by atoms with Gasteiger partial charge >= 0.3 is 11.9 Å². The van der Waals surface area contributed by atoms with Crippen LogP contribution in [0.1, 0.15) is 47.2 Å². The maximum absolute atomic E-state index is 9.53. The van der Waals surface area contributed by atoms with Gasteiger partial charge in [0.05, 0.1) is 53.2 Å². The number of aromatic nitrogens is 2. The Bertz CT molecular complexity index is 1590. The van der Waals surface area contributed by atoms with Gasteiger partial charge in [-0.15, -0.1) is 0 Å². The highest BCUT2D eigenvalue weighted by molar-refractivity contribution is 9.10. The average Bonchev–Trinajstić information content (AvgIpc) is 3.13. The fourth-order valence-corrected chi connectivity index (χ4v) is 5.20. The van der Waals surface area contributed by atoms with E-state index in [1.54, 1.807) is 0 Å². The number of nitrogens with zero attached hydrogens (tertiary/aromatic N) is 2. The molecule has 288 valence electrons. The van der Waals surface area contributed by atoms with E-state index in [1.165, 1.54) is 20.9 Å². The standard InChI is InChI=1S/2C16H19BrN2.2C4H4O4/c2*1-19(2)12-10-15(16-5-3-4-11-18-16)13-6-8-14(17)9-7-13;2*5-3(6)1-2-4(7)8/h2*3-9,11,15H,10,12H2,1-2H3;2*1-2H,(H,5,6)(H,7,8)/b;;2*2-1-/t2*15-;;/m00../s1. The lowest BCUT2D eigenvalue weighted by Crippen LogP contribution is -3.05. The van der Waals surface area contributed by atoms with Gasteiger partial charge in [-0.3, -0.25) is 9.97 Å². The third kappa shape index (κ3) is 22.1. The van der Waals surface area contributed by atoms with Gasteiger partial charge in [-0.25, -0.2) is 9.59 Å². The van der Waals surface area contributed by atoms with Gasteiger partial charge in [0.1, 0.15) is 0 Å². The number of hydrogen-bond acceptors (Lipinski definition) is 8. The third-order valence-corrected chi connectivity index (χ3v) is 8.28. The van der Waals surface area contributed by atoms with Gasteiger partial charge in [-0.2, -0.15) is 0 Å². The molecular formula is C40H46Br2N4O8. The topological polar surface area (TPSA) is 190 Å². The minimum Gasteiger partial charge on any atom is -0.545 e. The van der Waals surface area contributed by atoms with Crippen LogP contribution in [0.4, 0.5) is 0 Å². The molecule has 54 heavy (non-hydrogen) atoms. The quantitative estimate of drug-likeness (QED) is 0.136. The van der Waals surface area contributed by atoms with Crippen molar-refractivity contribution in [2.24, 2.45) is 0 Å². The van der Waals surface area contributed by atoms with Crippen LogP contribution >= 0.6 is 31.9 Å². The molecule has 0 radical (unpaired) electrons. The van der Waals surface area contributed by atoms with Crippen molar-refractivity contribution in [1.82, 2.24) is 9.97 Å². The molecule has 0 bridgehead atoms. The first-order valence-corrected chi connectivity index (χ1v) is 18.3. The first kappa shape index (κ1) is 47.0. The molecule has 0 aliphatic heterocycles. The highest BCUT2D eigenvalue weighted by Crippen LogP contribution is 2.28. The van der Waals surface area contributed by atoms with E-state index in [-0.39, 0.29) is 0 Å². The zero-order valence-electron chi connectivity index (χ0n) is 30.5. The number of carbonyl (C=O) groups excluding carboxylic acids is 2. The summed E-state index contributed by atoms with van der Waals surface area (Å²) in [5.74, 6) is -4.85. The number of rotatable bonds is 14. The molecule has 0 saturated heterocycles. The normalized spacial score (nSPS) is 11.7. The minimum absolute atomic E-state index is 0.379. The number of aliphatic carboxylic acids is 4. The molecular weight excluding hydrogens is 824 g/mol. The monoisotopic (exact) mass is 868 g/mol. The molecule has 0 amide bonds. The second-order valence-corrected chi connectivity index (χ2v) is 14.0. The van der Waals surface area contributed by atoms with Crippen LogP contribution in [-0.4, -0.2) is 85.3 Å². The Morgan fingerprint density at radius 3 is 1.15 bits per heavy atom. The maximum atomic E-state index is 9.53. The first-order valence-electron chi connectivity index (χ1n) is 16.7. The Morgan fingerprint density at radius 2 is 0.926 bits per heavy atom. The summed E-state index contributed by atoms with van der Waals surface area (Å²) in [6, 6.07) is 29.5. The Labute approximate surface area is 332 Å². The first-order chi connectivity index (χ1) is 25.6. The van der Waals surface area contributed by atoms with Crippen LogP contribution in [0.15, 0.2) is 131 Å². The van der Waals surface area contributed by atoms with Gasteiger partial charge in [0.25, 0.3) is 0 Å². The molecule has 4 rings (SSSR count). The fraction of sp³-hybridized carbons (Fsp3) is 0.250. The van der Waals surface area contributed by atoms with E-state index < -0.39 is 23.9 Å². The number of carboxylic acid groups (broad SMARTS) is 4. The van der Waals surface area contributed by atoms with E-state index >= 15 is 0 Å². The lowest BCUT2D eigenvalue weighted by atomic mass is 9.92. The van der Waals surface area contributed by atoms with Crippen molar-refractivity contribution >= 4 is 55.7 Å². The summed E-state index contributed by atoms with van der Waals surface area (Å²) in [5.41, 5.74) is 4.99. The van der Waals surface area contributed by atoms with Crippen molar-refractivity contribution in [2.45, 2.75) is 24.7 Å². The molecule has 0 saturated carbocycles. The van der Waals surface area contributed by atoms with Crippen LogP contribution in [0.2, 0.25) is 0 Å². The Kier molecular flexibility index (Phi) is 23.2. The summed E-state index contributed by atoms with van der Waals surface area (Å²) >= 11 is 6.99. The van der Waals surface area contributed by atoms with Crippen molar-refractivity contribution in [3.8, 4) is 0 Å². The van der Waals surface area contributed by atoms with Crippen LogP contribution in [0.3, 0.4) is 0 Å². The molecule has 12 nitrogen and oxygen atoms in total. The van der Waals surface area contributed by atoms with Gasteiger partial charge < -0.3 is 39.8 Å². The predicted molar refractivity (Wildman–Crippen MR) is 209 cm³/mol. The molecule has 2 atom stereocenters. The van der Waals surface area contributed by atoms with Crippen molar-refractivity contribution in [2.75, 3.05) is 41.3 Å². The number of quaternary nitrogens is 2. The molecule has 14 heteroatoms. The number of carboxylic acids is 4. The van der Waals surface area contributed by atoms with E-state index in [1.807, 2.05) is 24.5 Å². The zero-order valence-corrected chi connectivity index (χ0v) is 33.7. The van der Waals surface area contributed by atoms with Crippen molar-refractivity contribution < 1.29 is 49.4 Å². The summed E-state index contributed by atoms with van der Waals surface area (Å²) in [4.78, 5) is 49.9. The molecule has 4 aromatic rings. The van der Waals surface area contributed by atoms with Gasteiger partial charge in [-0.05, 0) is 71.8 Å². The maximum Gasteiger partial charge on any atom is 0.328 e. The summed E-state index contributed by atoms with van der Waals surface area (Å²) < 4.78 is 2.24. The van der Waals surface area contributed by atoms with E-state index in [2.05, 4.69) is 143 Å². The van der Waals surface area contributed by atoms with Crippen LogP contribution in [0.25, 0.3) is 0 Å². The lowest BCUT2D eigenvalue weighted by Gasteiger charge is -2.18. The predicted octanol–water partition coefficient (Wildman–Crippen LogP) is 1.78. The lowest BCUT2D eigenvalue weighted by molar-refractivity contribution is -0.858. The fourth-order valence-electron chi connectivity index (χ4n) is 4.67. The highest BCUT2D eigenvalue weighted by Gasteiger charge is 2.17. The van der Waals surface area contributed by atoms with E-state index in [0.29, 0.717) is 36.1 Å². The second kappa shape index (κ2) is 26.7. The number of halogens is 2. The summed E-state index contributed by atoms with van der Waals surface area (Å²) in [6.45, 7) is 2.27. The Morgan fingerprint density at radius 1 is 0.593 bits per heavy atom. The number of carbonyl (C=O) groups is 4. The number of benzene rings is 2. The van der Waals surface area contributed by atoms with E-state index in [0.717, 1.165) is 46.3 Å². The highest BCUT2D eigenvalue weighted by atomic mass is 79.9. The number of nitrogens with one attached hydrogen (secondary N) is 2. The van der Waals surface area contributed by atoms with E-state index in [9.17, 15) is 29.4 Å². The average molecular weight is 871 g/mol. The summed E-state index contributed by atoms with van der Waals surface area (Å²) in [5, 5.41) is 34.5. The Hall–Kier alpha value is -5.02. The molecule has 0 spiro atoms. The molecule has 2 heterocycles. The SMILES string of the molecule is C[NH+](C)CC[C@@H](c1ccc(Br)cc1)c1ccccn1.C[NH+](C)CC[C@@H](c1ccc(Br)cc1)c1ccccn1.O=C([O-])/C=C\C(=O)O.O=C([O-])/C=C\C(=O)O. The minimum atomic E-state index is -1.51. The molecule has 0 fully saturated rings. The second-order valence-electron chi connectivity index (χ2n) is 12.2. The zero-order chi connectivity index (χ0) is 40.5. The van der Waals surface area contributed by atoms with Gasteiger partial charge in [-0.1, -0.05) is 68.3 Å². The van der Waals surface area contributed by atoms with Gasteiger partial charge in [0.15, 0.2) is 0 Å². The molecule has 2 aromatic heterocycles. The smallest absolute Gasteiger partial charge is 0.328 e. The van der Waals surface area contributed by atoms with Gasteiger partial charge in [0, 0.05) is 69.6 Å². The number of pyridine rings is 2. The van der Waals surface area contributed by atoms with Gasteiger partial charge in [0.2, 0.25) is 0 Å². The van der Waals surface area contributed by atoms with E-state index in [4.69, 9.17) is 10.2 Å². The van der Waals surface area contributed by atoms with Crippen LogP contribution in [-0.2, 0) is 19.2 Å².